The number of phenols is 1. The topological polar surface area (TPSA) is 154 Å². The largest absolute Gasteiger partial charge is 0.507 e. The van der Waals surface area contributed by atoms with Crippen LogP contribution >= 0.6 is 39.1 Å². The molecular formula is C29H26BBrCl2N2O9. The Balaban J connectivity index is 1.54. The quantitative estimate of drug-likeness (QED) is 0.135. The third kappa shape index (κ3) is 4.02. The van der Waals surface area contributed by atoms with Crippen LogP contribution in [-0.2, 0) is 19.2 Å². The van der Waals surface area contributed by atoms with Crippen LogP contribution in [0, 0.1) is 17.8 Å². The zero-order valence-electron chi connectivity index (χ0n) is 23.4. The number of nitrogens with zero attached hydrogens (tertiary/aromatic N) is 2. The third-order valence-corrected chi connectivity index (χ3v) is 11.2. The van der Waals surface area contributed by atoms with E-state index in [4.69, 9.17) is 32.7 Å². The number of anilines is 1. The molecular weight excluding hydrogens is 682 g/mol. The highest BCUT2D eigenvalue weighted by Crippen LogP contribution is 2.67. The van der Waals surface area contributed by atoms with Crippen molar-refractivity contribution in [1.29, 1.82) is 0 Å². The van der Waals surface area contributed by atoms with Crippen molar-refractivity contribution in [3.63, 3.8) is 0 Å². The van der Waals surface area contributed by atoms with Crippen LogP contribution in [-0.4, -0.2) is 80.2 Å². The third-order valence-electron chi connectivity index (χ3n) is 9.28. The molecule has 6 rings (SSSR count). The van der Waals surface area contributed by atoms with E-state index in [0.29, 0.717) is 5.57 Å². The van der Waals surface area contributed by atoms with Crippen LogP contribution in [0.3, 0.4) is 0 Å². The lowest BCUT2D eigenvalue weighted by molar-refractivity contribution is -0.138. The molecule has 4 amide bonds. The van der Waals surface area contributed by atoms with Crippen molar-refractivity contribution < 1.29 is 43.8 Å². The Hall–Kier alpha value is -3.10. The monoisotopic (exact) mass is 706 g/mol. The molecule has 2 aromatic carbocycles. The Bertz CT molecular complexity index is 1660. The second-order valence-corrected chi connectivity index (χ2v) is 13.0. The normalized spacial score (nSPS) is 31.0. The number of rotatable bonds is 6. The predicted octanol–water partition coefficient (Wildman–Crippen LogP) is 2.00. The minimum Gasteiger partial charge on any atom is -0.507 e. The molecule has 44 heavy (non-hydrogen) atoms. The van der Waals surface area contributed by atoms with E-state index in [2.05, 4.69) is 15.9 Å². The lowest BCUT2D eigenvalue weighted by Gasteiger charge is -2.51. The van der Waals surface area contributed by atoms with Gasteiger partial charge < -0.3 is 24.6 Å². The van der Waals surface area contributed by atoms with Gasteiger partial charge in [-0.3, -0.25) is 29.0 Å². The Kier molecular flexibility index (Phi) is 7.56. The van der Waals surface area contributed by atoms with E-state index < -0.39 is 64.2 Å². The second-order valence-electron chi connectivity index (χ2n) is 11.2. The molecule has 4 aliphatic rings. The number of ether oxygens (including phenoxy) is 2. The molecule has 2 aliphatic carbocycles. The summed E-state index contributed by atoms with van der Waals surface area (Å²) in [6.45, 7) is 0. The summed E-state index contributed by atoms with van der Waals surface area (Å²) in [5, 5.41) is 30.7. The number of phenolic OH excluding ortho intramolecular Hbond substituents is 1. The van der Waals surface area contributed by atoms with Gasteiger partial charge in [0.2, 0.25) is 11.8 Å². The number of fused-ring (bicyclic) bond motifs is 4. The zero-order valence-corrected chi connectivity index (χ0v) is 26.5. The van der Waals surface area contributed by atoms with Crippen molar-refractivity contribution in [3.8, 4) is 17.2 Å². The lowest BCUT2D eigenvalue weighted by atomic mass is 9.56. The molecule has 2 saturated heterocycles. The number of methoxy groups -OCH3 is 2. The van der Waals surface area contributed by atoms with Crippen molar-refractivity contribution in [2.45, 2.75) is 28.5 Å². The lowest BCUT2D eigenvalue weighted by Crippen LogP contribution is -2.60. The first-order valence-corrected chi connectivity index (χ1v) is 15.5. The predicted molar refractivity (Wildman–Crippen MR) is 163 cm³/mol. The van der Waals surface area contributed by atoms with E-state index in [1.807, 2.05) is 0 Å². The number of halogens is 3. The molecule has 3 N–H and O–H groups in total. The van der Waals surface area contributed by atoms with Crippen LogP contribution in [0.1, 0.15) is 24.3 Å². The summed E-state index contributed by atoms with van der Waals surface area (Å²) in [6, 6.07) is 8.62. The summed E-state index contributed by atoms with van der Waals surface area (Å²) in [7, 11) is 0.944. The van der Waals surface area contributed by atoms with Gasteiger partial charge in [-0.05, 0) is 36.4 Å². The maximum Gasteiger partial charge on any atom is 0.488 e. The van der Waals surface area contributed by atoms with E-state index in [1.54, 1.807) is 6.08 Å². The Morgan fingerprint density at radius 3 is 2.39 bits per heavy atom. The minimum atomic E-state index is -2.13. The van der Waals surface area contributed by atoms with Crippen LogP contribution in [0.25, 0.3) is 0 Å². The average molecular weight is 708 g/mol. The molecule has 0 spiro atoms. The van der Waals surface area contributed by atoms with Crippen molar-refractivity contribution in [3.05, 3.63) is 53.6 Å². The number of hydrogen-bond acceptors (Lipinski definition) is 9. The number of hydrogen-bond donors (Lipinski definition) is 3. The average Bonchev–Trinajstić information content (AvgIpc) is 3.34. The number of carbonyl (C=O) groups excluding carboxylic acids is 4. The molecule has 0 aromatic heterocycles. The maximum atomic E-state index is 14.2. The van der Waals surface area contributed by atoms with Gasteiger partial charge in [0, 0.05) is 23.6 Å². The van der Waals surface area contributed by atoms with Gasteiger partial charge in [0.15, 0.2) is 9.75 Å². The molecule has 6 atom stereocenters. The molecule has 6 unspecified atom stereocenters. The Labute approximate surface area is 270 Å². The summed E-state index contributed by atoms with van der Waals surface area (Å²) in [4.78, 5) is 53.4. The first-order chi connectivity index (χ1) is 20.8. The van der Waals surface area contributed by atoms with Gasteiger partial charge in [-0.15, -0.1) is 23.2 Å². The molecule has 2 aromatic rings. The van der Waals surface area contributed by atoms with Gasteiger partial charge in [-0.1, -0.05) is 39.7 Å². The maximum absolute atomic E-state index is 14.2. The molecule has 15 heteroatoms. The fourth-order valence-corrected chi connectivity index (χ4v) is 8.72. The smallest absolute Gasteiger partial charge is 0.488 e. The molecule has 2 aliphatic heterocycles. The minimum absolute atomic E-state index is 0.0820. The second kappa shape index (κ2) is 10.8. The number of alkyl halides is 3. The summed E-state index contributed by atoms with van der Waals surface area (Å²) >= 11 is 17.7. The van der Waals surface area contributed by atoms with Crippen LogP contribution in [0.2, 0.25) is 0 Å². The van der Waals surface area contributed by atoms with Gasteiger partial charge in [0.1, 0.15) is 17.2 Å². The van der Waals surface area contributed by atoms with Crippen LogP contribution in [0.4, 0.5) is 5.69 Å². The van der Waals surface area contributed by atoms with Crippen LogP contribution < -0.4 is 19.8 Å². The molecule has 2 heterocycles. The number of benzene rings is 2. The SMILES string of the molecule is COc1cc(O)c(C2C3=CCC4C(=O)N(c5cccc(B(O)O)c5)C(=O)C4C3CC3(Cl)C(=O)N(CBr)C(=O)C23Cl)c(OC)c1. The van der Waals surface area contributed by atoms with Gasteiger partial charge in [-0.25, -0.2) is 0 Å². The van der Waals surface area contributed by atoms with E-state index in [-0.39, 0.29) is 52.3 Å². The molecule has 1 saturated carbocycles. The number of amides is 4. The van der Waals surface area contributed by atoms with Gasteiger partial charge >= 0.3 is 7.12 Å². The van der Waals surface area contributed by atoms with E-state index in [0.717, 1.165) is 9.80 Å². The molecule has 0 bridgehead atoms. The summed E-state index contributed by atoms with van der Waals surface area (Å²) < 4.78 is 10.9. The Morgan fingerprint density at radius 1 is 1.02 bits per heavy atom. The highest BCUT2D eigenvalue weighted by molar-refractivity contribution is 9.09. The van der Waals surface area contributed by atoms with Crippen LogP contribution in [0.15, 0.2) is 48.0 Å². The summed E-state index contributed by atoms with van der Waals surface area (Å²) in [5.74, 6) is -6.48. The van der Waals surface area contributed by atoms with E-state index in [9.17, 15) is 34.3 Å². The fraction of sp³-hybridized carbons (Fsp3) is 0.379. The fourth-order valence-electron chi connectivity index (χ4n) is 7.31. The van der Waals surface area contributed by atoms with Gasteiger partial charge in [0.05, 0.1) is 37.2 Å². The zero-order chi connectivity index (χ0) is 31.9. The van der Waals surface area contributed by atoms with Crippen molar-refractivity contribution in [2.24, 2.45) is 17.8 Å². The molecule has 230 valence electrons. The van der Waals surface area contributed by atoms with Crippen molar-refractivity contribution >= 4 is 81.0 Å². The molecule has 0 radical (unpaired) electrons. The number of aromatic hydroxyl groups is 1. The number of imide groups is 2. The molecule has 11 nitrogen and oxygen atoms in total. The Morgan fingerprint density at radius 2 is 1.75 bits per heavy atom. The van der Waals surface area contributed by atoms with Gasteiger partial charge in [0.25, 0.3) is 11.8 Å². The number of likely N-dealkylation sites (tertiary alicyclic amines) is 1. The van der Waals surface area contributed by atoms with Crippen LogP contribution in [0.5, 0.6) is 17.2 Å². The van der Waals surface area contributed by atoms with E-state index >= 15 is 0 Å². The number of carbonyl (C=O) groups is 4. The van der Waals surface area contributed by atoms with E-state index in [1.165, 1.54) is 50.6 Å². The first-order valence-electron chi connectivity index (χ1n) is 13.6. The number of allylic oxidation sites excluding steroid dienone is 2. The van der Waals surface area contributed by atoms with Crippen molar-refractivity contribution in [1.82, 2.24) is 4.90 Å². The molecule has 3 fully saturated rings. The summed E-state index contributed by atoms with van der Waals surface area (Å²) in [5.41, 5.74) is 0.608. The first kappa shape index (κ1) is 30.9. The highest BCUT2D eigenvalue weighted by atomic mass is 79.9. The van der Waals surface area contributed by atoms with Crippen molar-refractivity contribution in [2.75, 3.05) is 24.6 Å². The van der Waals surface area contributed by atoms with Gasteiger partial charge in [-0.2, -0.15) is 0 Å². The highest BCUT2D eigenvalue weighted by Gasteiger charge is 2.76. The summed E-state index contributed by atoms with van der Waals surface area (Å²) in [6.07, 6.45) is 1.59. The standard InChI is InChI=1S/C29H26BBrCl2N2O9/c1-43-15-9-19(36)22(20(10-15)44-2)23-16-6-7-17-21(18(16)11-28(32)26(39)34(12-31)27(40)29(23,28)33)25(38)35(24(17)37)14-5-3-4-13(8-14)30(41)42/h3-6,8-10,17-18,21,23,36,41-42H,7,11-12H2,1-2H3.